The van der Waals surface area contributed by atoms with E-state index >= 15 is 0 Å². The van der Waals surface area contributed by atoms with Crippen molar-refractivity contribution in [2.75, 3.05) is 5.32 Å². The molecule has 0 fully saturated rings. The number of hydrogen-bond acceptors (Lipinski definition) is 3. The molecule has 9 heteroatoms. The number of amides is 1. The van der Waals surface area contributed by atoms with Crippen LogP contribution in [0.5, 0.6) is 0 Å². The van der Waals surface area contributed by atoms with Gasteiger partial charge in [-0.2, -0.15) is 10.2 Å². The Labute approximate surface area is 204 Å². The summed E-state index contributed by atoms with van der Waals surface area (Å²) in [5, 5.41) is 12.1. The molecule has 4 aromatic rings. The lowest BCUT2D eigenvalue weighted by atomic mass is 10.1. The summed E-state index contributed by atoms with van der Waals surface area (Å²) in [4.78, 5) is 12.9. The standard InChI is InChI=1S/C24H22BrClFN5O/c1-14-10-22(30-31(14)13-19-20(26)8-5-9-21(19)27)28-24(33)18-7-4-6-17(11-18)12-32-16(3)23(25)15(2)29-32/h4-11H,12-13H2,1-3H3,(H,28,30,33). The van der Waals surface area contributed by atoms with Gasteiger partial charge in [0.05, 0.1) is 29.0 Å². The van der Waals surface area contributed by atoms with Crippen molar-refractivity contribution in [3.63, 3.8) is 0 Å². The quantitative estimate of drug-likeness (QED) is 0.337. The summed E-state index contributed by atoms with van der Waals surface area (Å²) in [6, 6.07) is 13.7. The minimum Gasteiger partial charge on any atom is -0.305 e. The van der Waals surface area contributed by atoms with Gasteiger partial charge in [0.25, 0.3) is 5.91 Å². The molecule has 0 unspecified atom stereocenters. The fraction of sp³-hybridized carbons (Fsp3) is 0.208. The van der Waals surface area contributed by atoms with E-state index in [9.17, 15) is 9.18 Å². The SMILES string of the molecule is Cc1nn(Cc2cccc(C(=O)Nc3cc(C)n(Cc4c(F)cccc4Cl)n3)c2)c(C)c1Br. The Morgan fingerprint density at radius 2 is 1.82 bits per heavy atom. The van der Waals surface area contributed by atoms with E-state index in [0.717, 1.165) is 27.1 Å². The molecule has 1 N–H and O–H groups in total. The molecule has 6 nitrogen and oxygen atoms in total. The average molecular weight is 531 g/mol. The second-order valence-electron chi connectivity index (χ2n) is 7.83. The van der Waals surface area contributed by atoms with Crippen LogP contribution in [-0.2, 0) is 13.1 Å². The first-order valence-electron chi connectivity index (χ1n) is 10.3. The van der Waals surface area contributed by atoms with Crippen molar-refractivity contribution in [2.45, 2.75) is 33.9 Å². The molecule has 0 spiro atoms. The Kier molecular flexibility index (Phi) is 6.67. The number of aromatic nitrogens is 4. The predicted molar refractivity (Wildman–Crippen MR) is 130 cm³/mol. The number of nitrogens with one attached hydrogen (secondary N) is 1. The second-order valence-corrected chi connectivity index (χ2v) is 9.03. The third-order valence-corrected chi connectivity index (χ3v) is 6.91. The van der Waals surface area contributed by atoms with Crippen LogP contribution in [0.4, 0.5) is 10.2 Å². The monoisotopic (exact) mass is 529 g/mol. The van der Waals surface area contributed by atoms with E-state index in [2.05, 4.69) is 31.4 Å². The van der Waals surface area contributed by atoms with E-state index in [-0.39, 0.29) is 12.5 Å². The Morgan fingerprint density at radius 1 is 1.06 bits per heavy atom. The Morgan fingerprint density at radius 3 is 2.52 bits per heavy atom. The molecule has 33 heavy (non-hydrogen) atoms. The number of rotatable bonds is 6. The molecule has 0 atom stereocenters. The lowest BCUT2D eigenvalue weighted by molar-refractivity contribution is 0.102. The van der Waals surface area contributed by atoms with Crippen LogP contribution in [-0.4, -0.2) is 25.5 Å². The first-order valence-corrected chi connectivity index (χ1v) is 11.5. The van der Waals surface area contributed by atoms with Gasteiger partial charge in [-0.1, -0.05) is 29.8 Å². The van der Waals surface area contributed by atoms with Crippen LogP contribution in [0.25, 0.3) is 0 Å². The zero-order valence-corrected chi connectivity index (χ0v) is 20.7. The number of nitrogens with zero attached hydrogens (tertiary/aromatic N) is 4. The van der Waals surface area contributed by atoms with Crippen LogP contribution in [0.2, 0.25) is 5.02 Å². The maximum atomic E-state index is 14.1. The molecule has 2 aromatic carbocycles. The van der Waals surface area contributed by atoms with Gasteiger partial charge in [0, 0.05) is 27.9 Å². The highest BCUT2D eigenvalue weighted by Crippen LogP contribution is 2.22. The Bertz CT molecular complexity index is 1330. The van der Waals surface area contributed by atoms with Crippen LogP contribution in [0, 0.1) is 26.6 Å². The maximum Gasteiger partial charge on any atom is 0.256 e. The number of aryl methyl sites for hydroxylation is 2. The van der Waals surface area contributed by atoms with Gasteiger partial charge in [-0.05, 0) is 66.5 Å². The zero-order chi connectivity index (χ0) is 23.7. The number of anilines is 1. The van der Waals surface area contributed by atoms with E-state index in [0.29, 0.717) is 28.5 Å². The smallest absolute Gasteiger partial charge is 0.256 e. The molecule has 1 amide bonds. The first kappa shape index (κ1) is 23.2. The molecule has 0 aliphatic carbocycles. The highest BCUT2D eigenvalue weighted by molar-refractivity contribution is 9.10. The molecule has 2 aromatic heterocycles. The van der Waals surface area contributed by atoms with Crippen molar-refractivity contribution in [3.8, 4) is 0 Å². The van der Waals surface area contributed by atoms with E-state index in [1.54, 1.807) is 28.9 Å². The number of benzene rings is 2. The minimum absolute atomic E-state index is 0.168. The van der Waals surface area contributed by atoms with Crippen molar-refractivity contribution < 1.29 is 9.18 Å². The van der Waals surface area contributed by atoms with Crippen molar-refractivity contribution in [1.29, 1.82) is 0 Å². The molecule has 0 saturated carbocycles. The van der Waals surface area contributed by atoms with Gasteiger partial charge in [0.15, 0.2) is 5.82 Å². The fourth-order valence-corrected chi connectivity index (χ4v) is 4.07. The third kappa shape index (κ3) is 5.02. The fourth-order valence-electron chi connectivity index (χ4n) is 3.57. The first-order chi connectivity index (χ1) is 15.7. The molecular formula is C24H22BrClFN5O. The number of carbonyl (C=O) groups is 1. The average Bonchev–Trinajstić information content (AvgIpc) is 3.24. The molecule has 2 heterocycles. The van der Waals surface area contributed by atoms with Gasteiger partial charge in [0.1, 0.15) is 5.82 Å². The van der Waals surface area contributed by atoms with Gasteiger partial charge in [0.2, 0.25) is 0 Å². The van der Waals surface area contributed by atoms with Crippen molar-refractivity contribution in [1.82, 2.24) is 19.6 Å². The van der Waals surface area contributed by atoms with E-state index < -0.39 is 5.82 Å². The molecule has 0 aliphatic rings. The van der Waals surface area contributed by atoms with Gasteiger partial charge in [-0.15, -0.1) is 0 Å². The number of hydrogen-bond donors (Lipinski definition) is 1. The highest BCUT2D eigenvalue weighted by Gasteiger charge is 2.14. The summed E-state index contributed by atoms with van der Waals surface area (Å²) in [5.74, 6) is -0.285. The summed E-state index contributed by atoms with van der Waals surface area (Å²) in [6.07, 6.45) is 0. The van der Waals surface area contributed by atoms with E-state index in [4.69, 9.17) is 11.6 Å². The van der Waals surface area contributed by atoms with Crippen LogP contribution in [0.3, 0.4) is 0 Å². The summed E-state index contributed by atoms with van der Waals surface area (Å²) < 4.78 is 18.6. The largest absolute Gasteiger partial charge is 0.305 e. The van der Waals surface area contributed by atoms with Crippen LogP contribution < -0.4 is 5.32 Å². The van der Waals surface area contributed by atoms with Crippen LogP contribution in [0.15, 0.2) is 53.0 Å². The molecule has 4 rings (SSSR count). The van der Waals surface area contributed by atoms with Crippen molar-refractivity contribution in [3.05, 3.63) is 97.6 Å². The Hall–Kier alpha value is -2.97. The molecule has 0 aliphatic heterocycles. The summed E-state index contributed by atoms with van der Waals surface area (Å²) in [7, 11) is 0. The zero-order valence-electron chi connectivity index (χ0n) is 18.4. The second kappa shape index (κ2) is 9.49. The van der Waals surface area contributed by atoms with Crippen LogP contribution in [0.1, 0.15) is 38.6 Å². The molecule has 0 bridgehead atoms. The lowest BCUT2D eigenvalue weighted by Gasteiger charge is -2.08. The van der Waals surface area contributed by atoms with Gasteiger partial charge < -0.3 is 5.32 Å². The van der Waals surface area contributed by atoms with E-state index in [1.807, 2.05) is 43.7 Å². The summed E-state index contributed by atoms with van der Waals surface area (Å²) in [5.41, 5.74) is 4.54. The van der Waals surface area contributed by atoms with Crippen LogP contribution >= 0.6 is 27.5 Å². The maximum absolute atomic E-state index is 14.1. The molecule has 0 radical (unpaired) electrons. The summed E-state index contributed by atoms with van der Waals surface area (Å²) in [6.45, 7) is 6.49. The number of halogens is 3. The normalized spacial score (nSPS) is 11.1. The van der Waals surface area contributed by atoms with Crippen molar-refractivity contribution >= 4 is 39.3 Å². The minimum atomic E-state index is -0.394. The molecule has 0 saturated heterocycles. The molecular weight excluding hydrogens is 509 g/mol. The van der Waals surface area contributed by atoms with Gasteiger partial charge >= 0.3 is 0 Å². The van der Waals surface area contributed by atoms with Gasteiger partial charge in [-0.25, -0.2) is 4.39 Å². The topological polar surface area (TPSA) is 64.7 Å². The third-order valence-electron chi connectivity index (χ3n) is 5.41. The van der Waals surface area contributed by atoms with Crippen molar-refractivity contribution in [2.24, 2.45) is 0 Å². The highest BCUT2D eigenvalue weighted by atomic mass is 79.9. The summed E-state index contributed by atoms with van der Waals surface area (Å²) >= 11 is 9.68. The Balaban J connectivity index is 1.49. The predicted octanol–water partition coefficient (Wildman–Crippen LogP) is 5.91. The lowest BCUT2D eigenvalue weighted by Crippen LogP contribution is -2.14. The van der Waals surface area contributed by atoms with E-state index in [1.165, 1.54) is 6.07 Å². The number of carbonyl (C=O) groups excluding carboxylic acids is 1. The van der Waals surface area contributed by atoms with Gasteiger partial charge in [-0.3, -0.25) is 14.2 Å². The molecule has 170 valence electrons.